The van der Waals surface area contributed by atoms with Crippen molar-refractivity contribution >= 4 is 29.1 Å². The molecular weight excluding hydrogens is 414 g/mol. The quantitative estimate of drug-likeness (QED) is 0.617. The first-order chi connectivity index (χ1) is 15.0. The summed E-state index contributed by atoms with van der Waals surface area (Å²) in [6, 6.07) is 15.2. The Morgan fingerprint density at radius 2 is 1.87 bits per heavy atom. The van der Waals surface area contributed by atoms with E-state index in [1.807, 2.05) is 48.2 Å². The van der Waals surface area contributed by atoms with E-state index in [2.05, 4.69) is 5.16 Å². The molecule has 7 heteroatoms. The summed E-state index contributed by atoms with van der Waals surface area (Å²) in [5, 5.41) is 4.86. The van der Waals surface area contributed by atoms with E-state index in [0.29, 0.717) is 36.8 Å². The average molecular weight is 436 g/mol. The van der Waals surface area contributed by atoms with Crippen molar-refractivity contribution in [2.75, 3.05) is 18.0 Å². The molecule has 158 valence electrons. The number of hydrogen-bond donors (Lipinski definition) is 0. The van der Waals surface area contributed by atoms with Crippen molar-refractivity contribution < 1.29 is 14.1 Å². The lowest BCUT2D eigenvalue weighted by Crippen LogP contribution is -2.40. The summed E-state index contributed by atoms with van der Waals surface area (Å²) in [6.07, 6.45) is 0.879. The number of halogens is 1. The molecule has 0 bridgehead atoms. The van der Waals surface area contributed by atoms with Gasteiger partial charge in [-0.25, -0.2) is 0 Å². The maximum absolute atomic E-state index is 13.3. The number of carbonyl (C=O) groups excluding carboxylic acids is 2. The minimum absolute atomic E-state index is 0.00766. The molecule has 1 fully saturated rings. The van der Waals surface area contributed by atoms with Crippen LogP contribution in [-0.4, -0.2) is 35.0 Å². The van der Waals surface area contributed by atoms with Gasteiger partial charge < -0.3 is 14.3 Å². The monoisotopic (exact) mass is 435 g/mol. The van der Waals surface area contributed by atoms with Gasteiger partial charge in [0.1, 0.15) is 0 Å². The molecule has 2 aliphatic rings. The van der Waals surface area contributed by atoms with E-state index in [9.17, 15) is 9.59 Å². The van der Waals surface area contributed by atoms with Gasteiger partial charge in [0.2, 0.25) is 11.8 Å². The Morgan fingerprint density at radius 3 is 2.61 bits per heavy atom. The van der Waals surface area contributed by atoms with Crippen molar-refractivity contribution in [3.63, 3.8) is 0 Å². The van der Waals surface area contributed by atoms with Crippen molar-refractivity contribution in [3.05, 3.63) is 70.4 Å². The molecule has 2 amide bonds. The first-order valence-electron chi connectivity index (χ1n) is 10.4. The Hall–Kier alpha value is -3.12. The van der Waals surface area contributed by atoms with E-state index in [-0.39, 0.29) is 24.2 Å². The number of fused-ring (bicyclic) bond motifs is 1. The second-order valence-corrected chi connectivity index (χ2v) is 8.63. The van der Waals surface area contributed by atoms with Gasteiger partial charge in [0.25, 0.3) is 0 Å². The van der Waals surface area contributed by atoms with Gasteiger partial charge in [0.15, 0.2) is 5.76 Å². The highest BCUT2D eigenvalue weighted by Crippen LogP contribution is 2.33. The highest BCUT2D eigenvalue weighted by molar-refractivity contribution is 6.30. The van der Waals surface area contributed by atoms with Crippen LogP contribution in [-0.2, 0) is 22.6 Å². The topological polar surface area (TPSA) is 66.7 Å². The third-order valence-electron chi connectivity index (χ3n) is 6.08. The van der Waals surface area contributed by atoms with Gasteiger partial charge in [-0.05, 0) is 43.3 Å². The predicted octanol–water partition coefficient (Wildman–Crippen LogP) is 4.24. The van der Waals surface area contributed by atoms with Crippen LogP contribution in [0.4, 0.5) is 5.69 Å². The normalized spacial score (nSPS) is 18.4. The van der Waals surface area contributed by atoms with E-state index in [4.69, 9.17) is 16.1 Å². The Bertz CT molecular complexity index is 1140. The second kappa shape index (κ2) is 7.85. The Kier molecular flexibility index (Phi) is 5.02. The van der Waals surface area contributed by atoms with E-state index in [1.165, 1.54) is 0 Å². The first kappa shape index (κ1) is 19.8. The van der Waals surface area contributed by atoms with Crippen LogP contribution in [0.1, 0.15) is 23.2 Å². The molecule has 1 aromatic heterocycles. The maximum Gasteiger partial charge on any atom is 0.228 e. The first-order valence-corrected chi connectivity index (χ1v) is 10.8. The van der Waals surface area contributed by atoms with Crippen LogP contribution in [0, 0.1) is 12.8 Å². The zero-order valence-electron chi connectivity index (χ0n) is 17.2. The molecule has 31 heavy (non-hydrogen) atoms. The molecule has 6 nitrogen and oxygen atoms in total. The summed E-state index contributed by atoms with van der Waals surface area (Å²) in [5.41, 5.74) is 4.68. The molecular formula is C24H22ClN3O3. The number of nitrogens with zero attached hydrogens (tertiary/aromatic N) is 3. The molecule has 0 radical (unpaired) electrons. The molecule has 3 heterocycles. The number of hydrogen-bond acceptors (Lipinski definition) is 4. The summed E-state index contributed by atoms with van der Waals surface area (Å²) >= 11 is 6.00. The van der Waals surface area contributed by atoms with Crippen LogP contribution >= 0.6 is 11.6 Å². The summed E-state index contributed by atoms with van der Waals surface area (Å²) in [7, 11) is 0. The molecule has 1 atom stereocenters. The van der Waals surface area contributed by atoms with Gasteiger partial charge in [0, 0.05) is 47.8 Å². The van der Waals surface area contributed by atoms with Crippen molar-refractivity contribution in [2.45, 2.75) is 26.3 Å². The van der Waals surface area contributed by atoms with Crippen LogP contribution < -0.4 is 4.90 Å². The molecule has 2 aromatic carbocycles. The molecule has 5 rings (SSSR count). The standard InChI is InChI=1S/C24H22ClN3O3/c1-15-2-8-19(9-3-15)28-13-17(12-22(28)29)24(30)27-11-10-21-20(14-27)23(31-26-21)16-4-6-18(25)7-5-16/h2-9,17H,10-14H2,1H3. The molecule has 2 aliphatic heterocycles. The maximum atomic E-state index is 13.3. The van der Waals surface area contributed by atoms with E-state index >= 15 is 0 Å². The van der Waals surface area contributed by atoms with E-state index in [0.717, 1.165) is 28.1 Å². The molecule has 0 spiro atoms. The van der Waals surface area contributed by atoms with Crippen molar-refractivity contribution in [1.29, 1.82) is 0 Å². The zero-order valence-corrected chi connectivity index (χ0v) is 17.9. The van der Waals surface area contributed by atoms with E-state index < -0.39 is 0 Å². The third kappa shape index (κ3) is 3.72. The predicted molar refractivity (Wildman–Crippen MR) is 118 cm³/mol. The smallest absolute Gasteiger partial charge is 0.228 e. The Labute approximate surface area is 185 Å². The Morgan fingerprint density at radius 1 is 1.13 bits per heavy atom. The van der Waals surface area contributed by atoms with Gasteiger partial charge in [-0.1, -0.05) is 34.5 Å². The van der Waals surface area contributed by atoms with Crippen LogP contribution in [0.15, 0.2) is 53.1 Å². The third-order valence-corrected chi connectivity index (χ3v) is 6.33. The van der Waals surface area contributed by atoms with Gasteiger partial charge >= 0.3 is 0 Å². The molecule has 0 saturated carbocycles. The highest BCUT2D eigenvalue weighted by atomic mass is 35.5. The molecule has 0 aliphatic carbocycles. The summed E-state index contributed by atoms with van der Waals surface area (Å²) in [4.78, 5) is 29.4. The fraction of sp³-hybridized carbons (Fsp3) is 0.292. The van der Waals surface area contributed by atoms with Crippen molar-refractivity contribution in [2.24, 2.45) is 5.92 Å². The lowest BCUT2D eigenvalue weighted by atomic mass is 9.99. The fourth-order valence-corrected chi connectivity index (χ4v) is 4.46. The lowest BCUT2D eigenvalue weighted by Gasteiger charge is -2.28. The fourth-order valence-electron chi connectivity index (χ4n) is 4.33. The molecule has 1 saturated heterocycles. The number of amides is 2. The zero-order chi connectivity index (χ0) is 21.5. The SMILES string of the molecule is Cc1ccc(N2CC(C(=O)N3CCc4noc(-c5ccc(Cl)cc5)c4C3)CC2=O)cc1. The molecule has 3 aromatic rings. The van der Waals surface area contributed by atoms with Gasteiger partial charge in [0.05, 0.1) is 18.2 Å². The van der Waals surface area contributed by atoms with Crippen LogP contribution in [0.2, 0.25) is 5.02 Å². The van der Waals surface area contributed by atoms with Crippen LogP contribution in [0.3, 0.4) is 0 Å². The number of anilines is 1. The number of aryl methyl sites for hydroxylation is 1. The number of rotatable bonds is 3. The highest BCUT2D eigenvalue weighted by Gasteiger charge is 2.38. The lowest BCUT2D eigenvalue weighted by molar-refractivity contribution is -0.136. The van der Waals surface area contributed by atoms with Crippen LogP contribution in [0.25, 0.3) is 11.3 Å². The van der Waals surface area contributed by atoms with Crippen molar-refractivity contribution in [3.8, 4) is 11.3 Å². The minimum Gasteiger partial charge on any atom is -0.356 e. The van der Waals surface area contributed by atoms with Crippen molar-refractivity contribution in [1.82, 2.24) is 10.1 Å². The Balaban J connectivity index is 1.33. The number of benzene rings is 2. The summed E-state index contributed by atoms with van der Waals surface area (Å²) < 4.78 is 5.61. The summed E-state index contributed by atoms with van der Waals surface area (Å²) in [6.45, 7) is 3.44. The van der Waals surface area contributed by atoms with E-state index in [1.54, 1.807) is 17.0 Å². The average Bonchev–Trinajstić information content (AvgIpc) is 3.38. The van der Waals surface area contributed by atoms with Gasteiger partial charge in [-0.15, -0.1) is 0 Å². The minimum atomic E-state index is -0.339. The largest absolute Gasteiger partial charge is 0.356 e. The number of aromatic nitrogens is 1. The molecule has 0 N–H and O–H groups in total. The van der Waals surface area contributed by atoms with Gasteiger partial charge in [-0.3, -0.25) is 9.59 Å². The van der Waals surface area contributed by atoms with Gasteiger partial charge in [-0.2, -0.15) is 0 Å². The van der Waals surface area contributed by atoms with Crippen LogP contribution in [0.5, 0.6) is 0 Å². The molecule has 1 unspecified atom stereocenters. The number of carbonyl (C=O) groups is 2. The summed E-state index contributed by atoms with van der Waals surface area (Å²) in [5.74, 6) is 0.339. The second-order valence-electron chi connectivity index (χ2n) is 8.19.